The van der Waals surface area contributed by atoms with E-state index in [1.807, 2.05) is 37.3 Å². The molecule has 1 saturated heterocycles. The van der Waals surface area contributed by atoms with Crippen molar-refractivity contribution in [2.45, 2.75) is 13.5 Å². The molecule has 4 rings (SSSR count). The highest BCUT2D eigenvalue weighted by molar-refractivity contribution is 8.18. The van der Waals surface area contributed by atoms with E-state index in [9.17, 15) is 14.4 Å². The van der Waals surface area contributed by atoms with Crippen LogP contribution in [0.5, 0.6) is 17.2 Å². The van der Waals surface area contributed by atoms with E-state index in [1.54, 1.807) is 49.6 Å². The Morgan fingerprint density at radius 2 is 1.79 bits per heavy atom. The summed E-state index contributed by atoms with van der Waals surface area (Å²) in [6, 6.07) is 19.7. The van der Waals surface area contributed by atoms with Gasteiger partial charge in [-0.2, -0.15) is 0 Å². The first-order valence-corrected chi connectivity index (χ1v) is 12.9. The van der Waals surface area contributed by atoms with Crippen LogP contribution in [0.15, 0.2) is 71.6 Å². The lowest BCUT2D eigenvalue weighted by atomic mass is 10.1. The zero-order chi connectivity index (χ0) is 27.1. The highest BCUT2D eigenvalue weighted by Crippen LogP contribution is 2.39. The lowest BCUT2D eigenvalue weighted by Gasteiger charge is -2.15. The van der Waals surface area contributed by atoms with E-state index in [1.165, 1.54) is 0 Å². The molecule has 1 heterocycles. The predicted octanol–water partition coefficient (Wildman–Crippen LogP) is 6.00. The molecule has 196 valence electrons. The second-order valence-electron chi connectivity index (χ2n) is 8.08. The number of amides is 3. The predicted molar refractivity (Wildman–Crippen MR) is 148 cm³/mol. The molecule has 1 aliphatic heterocycles. The van der Waals surface area contributed by atoms with Crippen LogP contribution in [0.25, 0.3) is 6.08 Å². The van der Waals surface area contributed by atoms with Crippen LogP contribution >= 0.6 is 23.4 Å². The Bertz CT molecular complexity index is 1360. The van der Waals surface area contributed by atoms with E-state index < -0.39 is 23.6 Å². The van der Waals surface area contributed by atoms with E-state index >= 15 is 0 Å². The summed E-state index contributed by atoms with van der Waals surface area (Å²) in [6.07, 6.45) is 1.54. The van der Waals surface area contributed by atoms with Crippen LogP contribution in [0.1, 0.15) is 18.1 Å². The van der Waals surface area contributed by atoms with Crippen LogP contribution in [-0.4, -0.2) is 42.2 Å². The average molecular weight is 553 g/mol. The van der Waals surface area contributed by atoms with Gasteiger partial charge in [0.1, 0.15) is 18.9 Å². The smallest absolute Gasteiger partial charge is 0.294 e. The first-order chi connectivity index (χ1) is 18.4. The summed E-state index contributed by atoms with van der Waals surface area (Å²) in [6.45, 7) is 2.11. The largest absolute Gasteiger partial charge is 0.497 e. The number of benzene rings is 3. The van der Waals surface area contributed by atoms with Crippen LogP contribution < -0.4 is 19.5 Å². The molecule has 3 aromatic rings. The molecular weight excluding hydrogens is 528 g/mol. The first kappa shape index (κ1) is 27.1. The minimum Gasteiger partial charge on any atom is -0.497 e. The highest BCUT2D eigenvalue weighted by atomic mass is 35.5. The van der Waals surface area contributed by atoms with Crippen molar-refractivity contribution in [1.29, 1.82) is 0 Å². The van der Waals surface area contributed by atoms with E-state index in [4.69, 9.17) is 25.8 Å². The standard InChI is InChI=1S/C28H25ClN2O6S/c1-3-36-23-14-19(13-22(29)26(23)37-17-18-7-5-4-6-8-18)15-24-27(33)31(28(34)38-24)16-25(32)30-20-9-11-21(35-2)12-10-20/h4-15H,3,16-17H2,1-2H3,(H,30,32)/b24-15-. The zero-order valence-electron chi connectivity index (χ0n) is 20.7. The van der Waals surface area contributed by atoms with Gasteiger partial charge in [-0.3, -0.25) is 19.3 Å². The maximum absolute atomic E-state index is 12.9. The Balaban J connectivity index is 1.47. The number of methoxy groups -OCH3 is 1. The number of hydrogen-bond acceptors (Lipinski definition) is 7. The van der Waals surface area contributed by atoms with E-state index in [0.29, 0.717) is 46.7 Å². The Hall–Kier alpha value is -3.95. The Labute approximate surface area is 229 Å². The minimum absolute atomic E-state index is 0.170. The molecule has 0 saturated carbocycles. The zero-order valence-corrected chi connectivity index (χ0v) is 22.3. The molecule has 8 nitrogen and oxygen atoms in total. The maximum Gasteiger partial charge on any atom is 0.294 e. The van der Waals surface area contributed by atoms with E-state index in [2.05, 4.69) is 5.32 Å². The van der Waals surface area contributed by atoms with Crippen molar-refractivity contribution in [2.24, 2.45) is 0 Å². The van der Waals surface area contributed by atoms with E-state index in [0.717, 1.165) is 22.2 Å². The molecule has 0 bridgehead atoms. The number of imide groups is 1. The molecule has 38 heavy (non-hydrogen) atoms. The highest BCUT2D eigenvalue weighted by Gasteiger charge is 2.36. The van der Waals surface area contributed by atoms with E-state index in [-0.39, 0.29) is 4.91 Å². The van der Waals surface area contributed by atoms with Crippen LogP contribution in [0, 0.1) is 0 Å². The van der Waals surface area contributed by atoms with Crippen molar-refractivity contribution in [2.75, 3.05) is 25.6 Å². The fraction of sp³-hybridized carbons (Fsp3) is 0.179. The molecule has 0 radical (unpaired) electrons. The third kappa shape index (κ3) is 6.67. The van der Waals surface area contributed by atoms with Crippen molar-refractivity contribution in [3.8, 4) is 17.2 Å². The number of ether oxygens (including phenoxy) is 3. The first-order valence-electron chi connectivity index (χ1n) is 11.7. The van der Waals surface area contributed by atoms with Crippen molar-refractivity contribution in [3.05, 3.63) is 87.8 Å². The third-order valence-corrected chi connectivity index (χ3v) is 6.59. The van der Waals surface area contributed by atoms with Crippen LogP contribution in [0.3, 0.4) is 0 Å². The quantitative estimate of drug-likeness (QED) is 0.308. The molecular formula is C28H25ClN2O6S. The molecule has 3 aromatic carbocycles. The fourth-order valence-corrected chi connectivity index (χ4v) is 4.72. The summed E-state index contributed by atoms with van der Waals surface area (Å²) >= 11 is 7.27. The van der Waals surface area contributed by atoms with Gasteiger partial charge in [0.15, 0.2) is 11.5 Å². The maximum atomic E-state index is 12.9. The van der Waals surface area contributed by atoms with Crippen molar-refractivity contribution in [1.82, 2.24) is 4.90 Å². The molecule has 0 aliphatic carbocycles. The molecule has 1 aliphatic rings. The SMILES string of the molecule is CCOc1cc(/C=C2\SC(=O)N(CC(=O)Nc3ccc(OC)cc3)C2=O)cc(Cl)c1OCc1ccccc1. The molecule has 10 heteroatoms. The number of thioether (sulfide) groups is 1. The molecule has 0 atom stereocenters. The van der Waals surface area contributed by atoms with Gasteiger partial charge in [-0.05, 0) is 72.3 Å². The normalized spacial score (nSPS) is 14.1. The Morgan fingerprint density at radius 3 is 2.47 bits per heavy atom. The number of carbonyl (C=O) groups excluding carboxylic acids is 3. The van der Waals surface area contributed by atoms with Crippen molar-refractivity contribution < 1.29 is 28.6 Å². The Kier molecular flexibility index (Phi) is 8.93. The lowest BCUT2D eigenvalue weighted by Crippen LogP contribution is -2.36. The number of nitrogens with one attached hydrogen (secondary N) is 1. The molecule has 0 spiro atoms. The monoisotopic (exact) mass is 552 g/mol. The van der Waals surface area contributed by atoms with Gasteiger partial charge in [0.2, 0.25) is 5.91 Å². The van der Waals surface area contributed by atoms with Crippen LogP contribution in [0.4, 0.5) is 10.5 Å². The summed E-state index contributed by atoms with van der Waals surface area (Å²) in [5.74, 6) is 0.379. The van der Waals surface area contributed by atoms with Crippen molar-refractivity contribution in [3.63, 3.8) is 0 Å². The van der Waals surface area contributed by atoms with Gasteiger partial charge in [-0.25, -0.2) is 0 Å². The number of anilines is 1. The number of carbonyl (C=O) groups is 3. The second kappa shape index (κ2) is 12.5. The summed E-state index contributed by atoms with van der Waals surface area (Å²) in [5.41, 5.74) is 2.05. The molecule has 1 N–H and O–H groups in total. The van der Waals surface area contributed by atoms with Gasteiger partial charge in [0.25, 0.3) is 11.1 Å². The van der Waals surface area contributed by atoms with Gasteiger partial charge in [-0.15, -0.1) is 0 Å². The molecule has 0 aromatic heterocycles. The van der Waals surface area contributed by atoms with Crippen molar-refractivity contribution >= 4 is 52.2 Å². The second-order valence-corrected chi connectivity index (χ2v) is 9.48. The summed E-state index contributed by atoms with van der Waals surface area (Å²) in [7, 11) is 1.54. The number of nitrogens with zero attached hydrogens (tertiary/aromatic N) is 1. The summed E-state index contributed by atoms with van der Waals surface area (Å²) in [4.78, 5) is 39.0. The third-order valence-electron chi connectivity index (χ3n) is 5.40. The Morgan fingerprint density at radius 1 is 1.05 bits per heavy atom. The van der Waals surface area contributed by atoms with Gasteiger partial charge in [0, 0.05) is 5.69 Å². The average Bonchev–Trinajstić information content (AvgIpc) is 3.16. The van der Waals surface area contributed by atoms with Gasteiger partial charge in [-0.1, -0.05) is 41.9 Å². The van der Waals surface area contributed by atoms with Gasteiger partial charge < -0.3 is 19.5 Å². The van der Waals surface area contributed by atoms with Gasteiger partial charge in [0.05, 0.1) is 23.6 Å². The van der Waals surface area contributed by atoms with Crippen LogP contribution in [-0.2, 0) is 16.2 Å². The molecule has 3 amide bonds. The van der Waals surface area contributed by atoms with Crippen LogP contribution in [0.2, 0.25) is 5.02 Å². The lowest BCUT2D eigenvalue weighted by molar-refractivity contribution is -0.127. The topological polar surface area (TPSA) is 94.2 Å². The summed E-state index contributed by atoms with van der Waals surface area (Å²) < 4.78 is 16.8. The molecule has 0 unspecified atom stereocenters. The molecule has 1 fully saturated rings. The summed E-state index contributed by atoms with van der Waals surface area (Å²) in [5, 5.41) is 2.43. The number of rotatable bonds is 10. The van der Waals surface area contributed by atoms with Gasteiger partial charge >= 0.3 is 0 Å². The minimum atomic E-state index is -0.566. The fourth-order valence-electron chi connectivity index (χ4n) is 3.61. The number of hydrogen-bond donors (Lipinski definition) is 1. The number of halogens is 1.